The first-order chi connectivity index (χ1) is 15.4. The summed E-state index contributed by atoms with van der Waals surface area (Å²) in [7, 11) is 1.89. The predicted molar refractivity (Wildman–Crippen MR) is 126 cm³/mol. The third-order valence-electron chi connectivity index (χ3n) is 6.45. The normalized spacial score (nSPS) is 20.4. The second kappa shape index (κ2) is 7.21. The Labute approximate surface area is 190 Å². The maximum Gasteiger partial charge on any atom is 0.257 e. The molecular formula is C23H24ClN7O. The van der Waals surface area contributed by atoms with Crippen molar-refractivity contribution in [2.24, 2.45) is 7.05 Å². The molecule has 1 amide bonds. The Bertz CT molecular complexity index is 1360. The van der Waals surface area contributed by atoms with Crippen LogP contribution < -0.4 is 15.5 Å². The highest BCUT2D eigenvalue weighted by Gasteiger charge is 2.33. The van der Waals surface area contributed by atoms with E-state index in [0.29, 0.717) is 39.5 Å². The number of hydrogen-bond donors (Lipinski definition) is 2. The van der Waals surface area contributed by atoms with E-state index in [9.17, 15) is 4.79 Å². The van der Waals surface area contributed by atoms with Crippen molar-refractivity contribution < 1.29 is 4.79 Å². The second-order valence-corrected chi connectivity index (χ2v) is 9.29. The molecule has 8 nitrogen and oxygen atoms in total. The van der Waals surface area contributed by atoms with Gasteiger partial charge < -0.3 is 19.9 Å². The van der Waals surface area contributed by atoms with Gasteiger partial charge in [0, 0.05) is 61.9 Å². The number of anilines is 2. The zero-order valence-corrected chi connectivity index (χ0v) is 18.7. The number of carbonyl (C=O) groups excluding carboxylic acids is 1. The zero-order chi connectivity index (χ0) is 22.0. The molecule has 164 valence electrons. The van der Waals surface area contributed by atoms with Gasteiger partial charge in [0.25, 0.3) is 5.91 Å². The van der Waals surface area contributed by atoms with Gasteiger partial charge in [-0.05, 0) is 38.0 Å². The highest BCUT2D eigenvalue weighted by atomic mass is 35.5. The van der Waals surface area contributed by atoms with E-state index >= 15 is 0 Å². The largest absolute Gasteiger partial charge is 0.368 e. The molecule has 2 aliphatic rings. The summed E-state index contributed by atoms with van der Waals surface area (Å²) in [5.41, 5.74) is 4.53. The highest BCUT2D eigenvalue weighted by Crippen LogP contribution is 2.33. The molecule has 2 unspecified atom stereocenters. The van der Waals surface area contributed by atoms with Crippen LogP contribution in [0.3, 0.4) is 0 Å². The van der Waals surface area contributed by atoms with Crippen LogP contribution in [0.25, 0.3) is 16.6 Å². The van der Waals surface area contributed by atoms with Crippen LogP contribution in [0, 0.1) is 6.92 Å². The van der Waals surface area contributed by atoms with E-state index in [-0.39, 0.29) is 5.91 Å². The van der Waals surface area contributed by atoms with Gasteiger partial charge in [-0.3, -0.25) is 9.48 Å². The first kappa shape index (κ1) is 19.6. The number of nitrogens with zero attached hydrogens (tertiary/aromatic N) is 5. The molecule has 0 spiro atoms. The number of aryl methyl sites for hydroxylation is 2. The molecule has 2 saturated heterocycles. The molecule has 2 N–H and O–H groups in total. The van der Waals surface area contributed by atoms with Crippen molar-refractivity contribution >= 4 is 45.4 Å². The lowest BCUT2D eigenvalue weighted by molar-refractivity contribution is 0.102. The first-order valence-corrected chi connectivity index (χ1v) is 11.3. The van der Waals surface area contributed by atoms with Crippen LogP contribution in [0.15, 0.2) is 36.8 Å². The smallest absolute Gasteiger partial charge is 0.257 e. The Morgan fingerprint density at radius 2 is 1.97 bits per heavy atom. The zero-order valence-electron chi connectivity index (χ0n) is 18.0. The minimum atomic E-state index is -0.215. The topological polar surface area (TPSA) is 79.5 Å². The SMILES string of the molecule is Cc1cn2cc(NC(=O)c3ccc(N4CC5CCC(C4)N5)c4cn(C)nc34)cc(Cl)c2n1. The summed E-state index contributed by atoms with van der Waals surface area (Å²) in [4.78, 5) is 20.1. The number of nitrogens with one attached hydrogen (secondary N) is 2. The molecule has 9 heteroatoms. The number of imidazole rings is 1. The Morgan fingerprint density at radius 1 is 1.19 bits per heavy atom. The van der Waals surface area contributed by atoms with Gasteiger partial charge in [-0.1, -0.05) is 11.6 Å². The van der Waals surface area contributed by atoms with E-state index in [0.717, 1.165) is 29.9 Å². The van der Waals surface area contributed by atoms with Crippen molar-refractivity contribution in [2.45, 2.75) is 31.8 Å². The van der Waals surface area contributed by atoms with Gasteiger partial charge in [0.05, 0.1) is 22.0 Å². The number of aromatic nitrogens is 4. The van der Waals surface area contributed by atoms with Crippen LogP contribution >= 0.6 is 11.6 Å². The minimum Gasteiger partial charge on any atom is -0.368 e. The summed E-state index contributed by atoms with van der Waals surface area (Å²) < 4.78 is 3.60. The number of carbonyl (C=O) groups is 1. The molecule has 1 aromatic carbocycles. The van der Waals surface area contributed by atoms with E-state index < -0.39 is 0 Å². The molecule has 0 aliphatic carbocycles. The lowest BCUT2D eigenvalue weighted by Crippen LogP contribution is -2.51. The molecule has 4 aromatic rings. The van der Waals surface area contributed by atoms with Crippen molar-refractivity contribution in [2.75, 3.05) is 23.3 Å². The molecular weight excluding hydrogens is 426 g/mol. The van der Waals surface area contributed by atoms with E-state index in [1.54, 1.807) is 10.7 Å². The van der Waals surface area contributed by atoms with Crippen molar-refractivity contribution in [1.82, 2.24) is 24.5 Å². The Balaban J connectivity index is 1.35. The van der Waals surface area contributed by atoms with Crippen molar-refractivity contribution in [3.63, 3.8) is 0 Å². The molecule has 6 rings (SSSR count). The fourth-order valence-corrected chi connectivity index (χ4v) is 5.36. The second-order valence-electron chi connectivity index (χ2n) is 8.88. The first-order valence-electron chi connectivity index (χ1n) is 10.9. The third-order valence-corrected chi connectivity index (χ3v) is 6.73. The lowest BCUT2D eigenvalue weighted by atomic mass is 10.1. The number of benzene rings is 1. The quantitative estimate of drug-likeness (QED) is 0.501. The number of rotatable bonds is 3. The number of amides is 1. The molecule has 5 heterocycles. The molecule has 0 saturated carbocycles. The standard InChI is InChI=1S/C23H24ClN7O/c1-13-8-31-11-16(7-19(24)22(31)25-13)27-23(32)17-5-6-20(18-12-29(2)28-21(17)18)30-9-14-3-4-15(10-30)26-14/h5-8,11-12,14-15,26H,3-4,9-10H2,1-2H3,(H,27,32). The Kier molecular flexibility index (Phi) is 4.41. The number of halogens is 1. The Morgan fingerprint density at radius 3 is 2.75 bits per heavy atom. The number of fused-ring (bicyclic) bond motifs is 4. The summed E-state index contributed by atoms with van der Waals surface area (Å²) >= 11 is 6.38. The lowest BCUT2D eigenvalue weighted by Gasteiger charge is -2.35. The van der Waals surface area contributed by atoms with E-state index in [4.69, 9.17) is 11.6 Å². The fourth-order valence-electron chi connectivity index (χ4n) is 5.10. The summed E-state index contributed by atoms with van der Waals surface area (Å²) in [6, 6.07) is 6.73. The van der Waals surface area contributed by atoms with E-state index in [1.807, 2.05) is 43.0 Å². The van der Waals surface area contributed by atoms with Gasteiger partial charge in [0.1, 0.15) is 5.52 Å². The molecule has 2 bridgehead atoms. The highest BCUT2D eigenvalue weighted by molar-refractivity contribution is 6.33. The fraction of sp³-hybridized carbons (Fsp3) is 0.348. The maximum absolute atomic E-state index is 13.2. The molecule has 2 fully saturated rings. The number of hydrogen-bond acceptors (Lipinski definition) is 5. The molecule has 32 heavy (non-hydrogen) atoms. The van der Waals surface area contributed by atoms with Crippen molar-refractivity contribution in [3.05, 3.63) is 53.1 Å². The van der Waals surface area contributed by atoms with Crippen LogP contribution in [-0.2, 0) is 7.05 Å². The molecule has 2 aliphatic heterocycles. The monoisotopic (exact) mass is 449 g/mol. The van der Waals surface area contributed by atoms with Crippen LogP contribution in [0.4, 0.5) is 11.4 Å². The molecule has 3 aromatic heterocycles. The van der Waals surface area contributed by atoms with Gasteiger partial charge in [-0.2, -0.15) is 5.10 Å². The van der Waals surface area contributed by atoms with E-state index in [1.165, 1.54) is 12.8 Å². The summed E-state index contributed by atoms with van der Waals surface area (Å²) in [6.07, 6.45) is 8.15. The number of pyridine rings is 1. The van der Waals surface area contributed by atoms with Crippen molar-refractivity contribution in [1.29, 1.82) is 0 Å². The van der Waals surface area contributed by atoms with Crippen molar-refractivity contribution in [3.8, 4) is 0 Å². The summed E-state index contributed by atoms with van der Waals surface area (Å²) in [5, 5.41) is 12.8. The Hall–Kier alpha value is -3.10. The van der Waals surface area contributed by atoms with Gasteiger partial charge in [0.15, 0.2) is 5.65 Å². The molecule has 2 atom stereocenters. The van der Waals surface area contributed by atoms with Crippen LogP contribution in [0.1, 0.15) is 28.9 Å². The summed E-state index contributed by atoms with van der Waals surface area (Å²) in [6.45, 7) is 3.87. The average molecular weight is 450 g/mol. The molecule has 0 radical (unpaired) electrons. The third kappa shape index (κ3) is 3.22. The van der Waals surface area contributed by atoms with Gasteiger partial charge >= 0.3 is 0 Å². The van der Waals surface area contributed by atoms with Crippen LogP contribution in [0.2, 0.25) is 5.02 Å². The van der Waals surface area contributed by atoms with E-state index in [2.05, 4.69) is 31.7 Å². The average Bonchev–Trinajstić information content (AvgIpc) is 3.42. The van der Waals surface area contributed by atoms with Gasteiger partial charge in [-0.15, -0.1) is 0 Å². The number of piperazine rings is 1. The predicted octanol–water partition coefficient (Wildman–Crippen LogP) is 3.38. The maximum atomic E-state index is 13.2. The van der Waals surface area contributed by atoms with Crippen LogP contribution in [-0.4, -0.2) is 50.2 Å². The van der Waals surface area contributed by atoms with Gasteiger partial charge in [0.2, 0.25) is 0 Å². The summed E-state index contributed by atoms with van der Waals surface area (Å²) in [5.74, 6) is -0.215. The van der Waals surface area contributed by atoms with Gasteiger partial charge in [-0.25, -0.2) is 4.98 Å². The van der Waals surface area contributed by atoms with Crippen LogP contribution in [0.5, 0.6) is 0 Å². The minimum absolute atomic E-state index is 0.215.